The number of hydrogen-bond donors (Lipinski definition) is 1. The number of piperazine rings is 1. The van der Waals surface area contributed by atoms with Gasteiger partial charge in [-0.1, -0.05) is 27.7 Å². The Labute approximate surface area is 114 Å². The Hall–Kier alpha value is -0.0800. The van der Waals surface area contributed by atoms with Crippen LogP contribution in [0.15, 0.2) is 0 Å². The summed E-state index contributed by atoms with van der Waals surface area (Å²) in [7, 11) is 0. The van der Waals surface area contributed by atoms with Crippen molar-refractivity contribution < 1.29 is 0 Å². The minimum Gasteiger partial charge on any atom is -0.311 e. The van der Waals surface area contributed by atoms with E-state index in [1.54, 1.807) is 0 Å². The minimum absolute atomic E-state index is 0.727. The molecule has 0 amide bonds. The maximum absolute atomic E-state index is 3.70. The first-order chi connectivity index (χ1) is 8.56. The van der Waals surface area contributed by atoms with E-state index in [9.17, 15) is 0 Å². The fourth-order valence-electron chi connectivity index (χ4n) is 4.07. The fourth-order valence-corrected chi connectivity index (χ4v) is 4.07. The zero-order valence-electron chi connectivity index (χ0n) is 12.8. The molecule has 0 radical (unpaired) electrons. The largest absolute Gasteiger partial charge is 0.311 e. The summed E-state index contributed by atoms with van der Waals surface area (Å²) in [6, 6.07) is 1.59. The molecule has 0 spiro atoms. The minimum atomic E-state index is 0.727. The first kappa shape index (κ1) is 14.3. The predicted octanol–water partition coefficient (Wildman–Crippen LogP) is 3.13. The molecule has 2 nitrogen and oxygen atoms in total. The summed E-state index contributed by atoms with van der Waals surface area (Å²) in [6.07, 6.45) is 5.63. The van der Waals surface area contributed by atoms with E-state index >= 15 is 0 Å². The van der Waals surface area contributed by atoms with Gasteiger partial charge in [0.2, 0.25) is 0 Å². The van der Waals surface area contributed by atoms with Gasteiger partial charge in [0.25, 0.3) is 0 Å². The van der Waals surface area contributed by atoms with Gasteiger partial charge >= 0.3 is 0 Å². The van der Waals surface area contributed by atoms with Crippen molar-refractivity contribution in [3.8, 4) is 0 Å². The van der Waals surface area contributed by atoms with Crippen molar-refractivity contribution in [2.24, 2.45) is 17.8 Å². The molecule has 2 fully saturated rings. The lowest BCUT2D eigenvalue weighted by molar-refractivity contribution is 0.0639. The van der Waals surface area contributed by atoms with Crippen LogP contribution in [0.2, 0.25) is 0 Å². The Morgan fingerprint density at radius 1 is 1.22 bits per heavy atom. The van der Waals surface area contributed by atoms with E-state index in [2.05, 4.69) is 37.9 Å². The van der Waals surface area contributed by atoms with Gasteiger partial charge in [-0.2, -0.15) is 0 Å². The molecule has 18 heavy (non-hydrogen) atoms. The monoisotopic (exact) mass is 252 g/mol. The predicted molar refractivity (Wildman–Crippen MR) is 78.8 cm³/mol. The van der Waals surface area contributed by atoms with Crippen LogP contribution < -0.4 is 5.32 Å². The lowest BCUT2D eigenvalue weighted by Crippen LogP contribution is -2.56. The standard InChI is InChI=1S/C16H32N2/c1-12(2)9-15-11-18(8-7-17-15)16-6-5-13(3)10-14(16)4/h12-17H,5-11H2,1-4H3. The number of nitrogens with zero attached hydrogens (tertiary/aromatic N) is 1. The second kappa shape index (κ2) is 6.38. The highest BCUT2D eigenvalue weighted by Gasteiger charge is 2.32. The van der Waals surface area contributed by atoms with Crippen molar-refractivity contribution in [3.63, 3.8) is 0 Å². The molecule has 1 saturated carbocycles. The molecule has 106 valence electrons. The lowest BCUT2D eigenvalue weighted by Gasteiger charge is -2.44. The molecule has 1 saturated heterocycles. The van der Waals surface area contributed by atoms with Gasteiger partial charge in [-0.25, -0.2) is 0 Å². The summed E-state index contributed by atoms with van der Waals surface area (Å²) in [5, 5.41) is 3.70. The maximum atomic E-state index is 3.70. The number of rotatable bonds is 3. The van der Waals surface area contributed by atoms with Crippen LogP contribution in [0.1, 0.15) is 53.4 Å². The van der Waals surface area contributed by atoms with Crippen LogP contribution in [0.25, 0.3) is 0 Å². The molecule has 1 aliphatic carbocycles. The van der Waals surface area contributed by atoms with Crippen LogP contribution in [0.4, 0.5) is 0 Å². The van der Waals surface area contributed by atoms with Crippen molar-refractivity contribution in [3.05, 3.63) is 0 Å². The van der Waals surface area contributed by atoms with E-state index in [1.807, 2.05) is 0 Å². The molecule has 1 aliphatic heterocycles. The molecule has 0 aromatic carbocycles. The Balaban J connectivity index is 1.88. The quantitative estimate of drug-likeness (QED) is 0.830. The second-order valence-electron chi connectivity index (χ2n) is 7.24. The second-order valence-corrected chi connectivity index (χ2v) is 7.24. The third kappa shape index (κ3) is 3.71. The van der Waals surface area contributed by atoms with Crippen LogP contribution >= 0.6 is 0 Å². The van der Waals surface area contributed by atoms with Gasteiger partial charge in [0.05, 0.1) is 0 Å². The SMILES string of the molecule is CC(C)CC1CN(C2CCC(C)CC2C)CCN1. The molecule has 2 heteroatoms. The summed E-state index contributed by atoms with van der Waals surface area (Å²) in [5.74, 6) is 2.66. The molecule has 2 rings (SSSR count). The lowest BCUT2D eigenvalue weighted by atomic mass is 9.78. The number of hydrogen-bond acceptors (Lipinski definition) is 2. The molecule has 0 bridgehead atoms. The topological polar surface area (TPSA) is 15.3 Å². The molecular formula is C16H32N2. The Bertz CT molecular complexity index is 251. The van der Waals surface area contributed by atoms with Gasteiger partial charge in [-0.15, -0.1) is 0 Å². The van der Waals surface area contributed by atoms with Gasteiger partial charge in [-0.3, -0.25) is 4.90 Å². The summed E-state index contributed by atoms with van der Waals surface area (Å²) in [6.45, 7) is 13.3. The highest BCUT2D eigenvalue weighted by molar-refractivity contribution is 4.88. The fraction of sp³-hybridized carbons (Fsp3) is 1.00. The molecule has 1 heterocycles. The molecule has 2 aliphatic rings. The summed E-state index contributed by atoms with van der Waals surface area (Å²) < 4.78 is 0. The normalized spacial score (nSPS) is 39.2. The smallest absolute Gasteiger partial charge is 0.0198 e. The van der Waals surface area contributed by atoms with Crippen molar-refractivity contribution in [2.75, 3.05) is 19.6 Å². The first-order valence-electron chi connectivity index (χ1n) is 8.03. The average molecular weight is 252 g/mol. The highest BCUT2D eigenvalue weighted by atomic mass is 15.2. The van der Waals surface area contributed by atoms with Gasteiger partial charge in [0.1, 0.15) is 0 Å². The third-order valence-electron chi connectivity index (χ3n) is 4.90. The van der Waals surface area contributed by atoms with Crippen LogP contribution in [0.5, 0.6) is 0 Å². The average Bonchev–Trinajstić information content (AvgIpc) is 2.28. The van der Waals surface area contributed by atoms with Crippen LogP contribution in [-0.2, 0) is 0 Å². The summed E-state index contributed by atoms with van der Waals surface area (Å²) in [5.41, 5.74) is 0. The Morgan fingerprint density at radius 3 is 2.67 bits per heavy atom. The molecule has 0 aromatic heterocycles. The maximum Gasteiger partial charge on any atom is 0.0198 e. The van der Waals surface area contributed by atoms with Gasteiger partial charge in [-0.05, 0) is 43.4 Å². The van der Waals surface area contributed by atoms with E-state index in [0.717, 1.165) is 29.8 Å². The summed E-state index contributed by atoms with van der Waals surface area (Å²) >= 11 is 0. The van der Waals surface area contributed by atoms with Crippen LogP contribution in [0, 0.1) is 17.8 Å². The molecule has 1 N–H and O–H groups in total. The Kier molecular flexibility index (Phi) is 5.08. The van der Waals surface area contributed by atoms with Crippen molar-refractivity contribution in [1.82, 2.24) is 10.2 Å². The van der Waals surface area contributed by atoms with Gasteiger partial charge < -0.3 is 5.32 Å². The van der Waals surface area contributed by atoms with Crippen LogP contribution in [-0.4, -0.2) is 36.6 Å². The zero-order chi connectivity index (χ0) is 13.1. The molecule has 4 unspecified atom stereocenters. The van der Waals surface area contributed by atoms with Gasteiger partial charge in [0.15, 0.2) is 0 Å². The van der Waals surface area contributed by atoms with E-state index in [0.29, 0.717) is 0 Å². The van der Waals surface area contributed by atoms with Gasteiger partial charge in [0, 0.05) is 31.7 Å². The third-order valence-corrected chi connectivity index (χ3v) is 4.90. The van der Waals surface area contributed by atoms with Crippen molar-refractivity contribution in [2.45, 2.75) is 65.5 Å². The van der Waals surface area contributed by atoms with Crippen LogP contribution in [0.3, 0.4) is 0 Å². The molecule has 0 aromatic rings. The number of nitrogens with one attached hydrogen (secondary N) is 1. The van der Waals surface area contributed by atoms with E-state index in [4.69, 9.17) is 0 Å². The van der Waals surface area contributed by atoms with E-state index < -0.39 is 0 Å². The van der Waals surface area contributed by atoms with Crippen molar-refractivity contribution in [1.29, 1.82) is 0 Å². The Morgan fingerprint density at radius 2 is 2.00 bits per heavy atom. The van der Waals surface area contributed by atoms with E-state index in [1.165, 1.54) is 45.3 Å². The summed E-state index contributed by atoms with van der Waals surface area (Å²) in [4.78, 5) is 2.79. The zero-order valence-corrected chi connectivity index (χ0v) is 12.8. The van der Waals surface area contributed by atoms with Crippen molar-refractivity contribution >= 4 is 0 Å². The molecule has 4 atom stereocenters. The highest BCUT2D eigenvalue weighted by Crippen LogP contribution is 2.32. The van der Waals surface area contributed by atoms with E-state index in [-0.39, 0.29) is 0 Å². The first-order valence-corrected chi connectivity index (χ1v) is 8.03. The molecular weight excluding hydrogens is 220 g/mol.